The Kier molecular flexibility index (Phi) is 7.04. The van der Waals surface area contributed by atoms with Crippen LogP contribution >= 0.6 is 46.0 Å². The number of carbonyl (C=O) groups is 1. The van der Waals surface area contributed by atoms with Gasteiger partial charge in [-0.3, -0.25) is 0 Å². The van der Waals surface area contributed by atoms with E-state index in [0.717, 1.165) is 11.8 Å². The molecule has 0 amide bonds. The molecular weight excluding hydrogens is 531 g/mol. The van der Waals surface area contributed by atoms with Gasteiger partial charge in [0, 0.05) is 10.6 Å². The smallest absolute Gasteiger partial charge is 0.342 e. The number of aromatic hydroxyl groups is 1. The van der Waals surface area contributed by atoms with E-state index in [-0.39, 0.29) is 27.5 Å². The Morgan fingerprint density at radius 3 is 2.69 bits per heavy atom. The van der Waals surface area contributed by atoms with Gasteiger partial charge in [0.15, 0.2) is 11.5 Å². The number of benzene rings is 2. The van der Waals surface area contributed by atoms with Crippen LogP contribution in [0.5, 0.6) is 11.5 Å². The average Bonchev–Trinajstić information content (AvgIpc) is 3.14. The zero-order valence-electron chi connectivity index (χ0n) is 14.9. The molecule has 0 aliphatic heterocycles. The van der Waals surface area contributed by atoms with E-state index in [1.807, 2.05) is 22.6 Å². The lowest BCUT2D eigenvalue weighted by Crippen LogP contribution is -1.98. The SMILES string of the molecule is CCOc1cc(/C=C(\Sc2nnc(-c3ccc(Cl)cc3)o2)C(=O)O)cc(I)c1O. The molecule has 2 N–H and O–H groups in total. The van der Waals surface area contributed by atoms with Gasteiger partial charge in [-0.25, -0.2) is 4.79 Å². The van der Waals surface area contributed by atoms with Crippen LogP contribution in [0.25, 0.3) is 17.5 Å². The van der Waals surface area contributed by atoms with E-state index < -0.39 is 5.97 Å². The zero-order chi connectivity index (χ0) is 21.0. The Hall–Kier alpha value is -2.24. The van der Waals surface area contributed by atoms with Gasteiger partial charge < -0.3 is 19.4 Å². The van der Waals surface area contributed by atoms with Crippen LogP contribution in [0.4, 0.5) is 0 Å². The second-order valence-corrected chi connectivity index (χ2v) is 8.17. The summed E-state index contributed by atoms with van der Waals surface area (Å²) < 4.78 is 11.5. The normalized spacial score (nSPS) is 11.5. The van der Waals surface area contributed by atoms with Crippen LogP contribution < -0.4 is 4.74 Å². The first-order valence-corrected chi connectivity index (χ1v) is 10.5. The number of phenols is 1. The molecule has 0 spiro atoms. The Morgan fingerprint density at radius 1 is 1.31 bits per heavy atom. The molecule has 10 heteroatoms. The Labute approximate surface area is 188 Å². The van der Waals surface area contributed by atoms with Gasteiger partial charge in [0.05, 0.1) is 10.2 Å². The van der Waals surface area contributed by atoms with Crippen molar-refractivity contribution in [2.24, 2.45) is 0 Å². The highest BCUT2D eigenvalue weighted by Gasteiger charge is 2.17. The highest BCUT2D eigenvalue weighted by Crippen LogP contribution is 2.35. The maximum absolute atomic E-state index is 11.7. The lowest BCUT2D eigenvalue weighted by molar-refractivity contribution is -0.131. The summed E-state index contributed by atoms with van der Waals surface area (Å²) in [7, 11) is 0. The summed E-state index contributed by atoms with van der Waals surface area (Å²) in [6.07, 6.45) is 1.45. The topological polar surface area (TPSA) is 106 Å². The lowest BCUT2D eigenvalue weighted by Gasteiger charge is -2.09. The van der Waals surface area contributed by atoms with Crippen LogP contribution in [0.15, 0.2) is 50.9 Å². The van der Waals surface area contributed by atoms with Crippen LogP contribution in [0.1, 0.15) is 12.5 Å². The largest absolute Gasteiger partial charge is 0.504 e. The average molecular weight is 545 g/mol. The van der Waals surface area contributed by atoms with Gasteiger partial charge in [0.25, 0.3) is 5.22 Å². The van der Waals surface area contributed by atoms with Gasteiger partial charge >= 0.3 is 5.97 Å². The molecular formula is C19H14ClIN2O5S. The third kappa shape index (κ3) is 5.43. The van der Waals surface area contributed by atoms with Crippen molar-refractivity contribution in [3.8, 4) is 23.0 Å². The van der Waals surface area contributed by atoms with Gasteiger partial charge in [0.2, 0.25) is 5.89 Å². The first-order chi connectivity index (χ1) is 13.9. The van der Waals surface area contributed by atoms with Crippen LogP contribution in [-0.2, 0) is 4.79 Å². The summed E-state index contributed by atoms with van der Waals surface area (Å²) >= 11 is 8.65. The van der Waals surface area contributed by atoms with Crippen molar-refractivity contribution in [1.29, 1.82) is 0 Å². The minimum Gasteiger partial charge on any atom is -0.504 e. The molecule has 0 fully saturated rings. The molecule has 1 heterocycles. The number of hydrogen-bond acceptors (Lipinski definition) is 7. The number of rotatable bonds is 7. The molecule has 0 unspecified atom stereocenters. The zero-order valence-corrected chi connectivity index (χ0v) is 18.7. The second kappa shape index (κ2) is 9.51. The first kappa shape index (κ1) is 21.5. The number of halogens is 2. The number of thioether (sulfide) groups is 1. The van der Waals surface area contributed by atoms with E-state index in [9.17, 15) is 15.0 Å². The van der Waals surface area contributed by atoms with E-state index in [1.165, 1.54) is 6.08 Å². The van der Waals surface area contributed by atoms with Crippen molar-refractivity contribution < 1.29 is 24.2 Å². The number of nitrogens with zero attached hydrogens (tertiary/aromatic N) is 2. The number of aliphatic carboxylic acids is 1. The molecule has 7 nitrogen and oxygen atoms in total. The van der Waals surface area contributed by atoms with Crippen LogP contribution in [0, 0.1) is 3.57 Å². The molecule has 0 aliphatic rings. The van der Waals surface area contributed by atoms with Crippen LogP contribution in [-0.4, -0.2) is 33.0 Å². The predicted molar refractivity (Wildman–Crippen MR) is 118 cm³/mol. The highest BCUT2D eigenvalue weighted by atomic mass is 127. The molecule has 3 rings (SSSR count). The van der Waals surface area contributed by atoms with E-state index in [1.54, 1.807) is 43.3 Å². The first-order valence-electron chi connectivity index (χ1n) is 8.25. The standard InChI is InChI=1S/C19H14ClIN2O5S/c1-2-27-14-8-10(7-13(21)16(14)24)9-15(18(25)26)29-19-23-22-17(28-19)11-3-5-12(20)6-4-11/h3-9,24H,2H2,1H3,(H,25,26)/b15-9-. The maximum atomic E-state index is 11.7. The summed E-state index contributed by atoms with van der Waals surface area (Å²) in [5.41, 5.74) is 1.22. The summed E-state index contributed by atoms with van der Waals surface area (Å²) in [5.74, 6) is -0.601. The molecule has 2 aromatic carbocycles. The molecule has 29 heavy (non-hydrogen) atoms. The lowest BCUT2D eigenvalue weighted by atomic mass is 10.2. The molecule has 0 saturated heterocycles. The molecule has 0 aliphatic carbocycles. The van der Waals surface area contributed by atoms with Crippen molar-refractivity contribution in [2.45, 2.75) is 12.1 Å². The van der Waals surface area contributed by atoms with Gasteiger partial charge in [-0.15, -0.1) is 10.2 Å². The molecule has 0 bridgehead atoms. The van der Waals surface area contributed by atoms with E-state index in [4.69, 9.17) is 20.8 Å². The number of phenolic OH excluding ortho intramolecular Hbond substituents is 1. The highest BCUT2D eigenvalue weighted by molar-refractivity contribution is 14.1. The minimum absolute atomic E-state index is 0.0126. The Balaban J connectivity index is 1.88. The van der Waals surface area contributed by atoms with Crippen molar-refractivity contribution in [3.63, 3.8) is 0 Å². The van der Waals surface area contributed by atoms with E-state index in [2.05, 4.69) is 10.2 Å². The van der Waals surface area contributed by atoms with Crippen molar-refractivity contribution in [1.82, 2.24) is 10.2 Å². The monoisotopic (exact) mass is 544 g/mol. The van der Waals surface area contributed by atoms with Crippen molar-refractivity contribution in [2.75, 3.05) is 6.61 Å². The Bertz CT molecular complexity index is 1070. The van der Waals surface area contributed by atoms with Gasteiger partial charge in [-0.1, -0.05) is 11.6 Å². The molecule has 3 aromatic rings. The summed E-state index contributed by atoms with van der Waals surface area (Å²) in [6.45, 7) is 2.16. The minimum atomic E-state index is -1.15. The predicted octanol–water partition coefficient (Wildman–Crippen LogP) is 5.32. The fourth-order valence-electron chi connectivity index (χ4n) is 2.28. The number of carboxylic acids is 1. The Morgan fingerprint density at radius 2 is 2.03 bits per heavy atom. The summed E-state index contributed by atoms with van der Waals surface area (Å²) in [5, 5.41) is 28.1. The third-order valence-electron chi connectivity index (χ3n) is 3.55. The quantitative estimate of drug-likeness (QED) is 0.234. The maximum Gasteiger partial charge on any atom is 0.342 e. The summed E-state index contributed by atoms with van der Waals surface area (Å²) in [4.78, 5) is 11.7. The van der Waals surface area contributed by atoms with Crippen LogP contribution in [0.3, 0.4) is 0 Å². The van der Waals surface area contributed by atoms with Gasteiger partial charge in [-0.05, 0) is 89.3 Å². The molecule has 0 saturated carbocycles. The van der Waals surface area contributed by atoms with Gasteiger partial charge in [-0.2, -0.15) is 0 Å². The van der Waals surface area contributed by atoms with Crippen LogP contribution in [0.2, 0.25) is 5.02 Å². The van der Waals surface area contributed by atoms with Crippen molar-refractivity contribution >= 4 is 58.0 Å². The number of ether oxygens (including phenoxy) is 1. The molecule has 0 radical (unpaired) electrons. The molecule has 150 valence electrons. The third-order valence-corrected chi connectivity index (χ3v) is 5.48. The van der Waals surface area contributed by atoms with Gasteiger partial charge in [0.1, 0.15) is 4.91 Å². The van der Waals surface area contributed by atoms with E-state index >= 15 is 0 Å². The van der Waals surface area contributed by atoms with E-state index in [0.29, 0.717) is 26.3 Å². The summed E-state index contributed by atoms with van der Waals surface area (Å²) in [6, 6.07) is 10.1. The molecule has 1 aromatic heterocycles. The number of hydrogen-bond donors (Lipinski definition) is 2. The number of aromatic nitrogens is 2. The fraction of sp³-hybridized carbons (Fsp3) is 0.105. The fourth-order valence-corrected chi connectivity index (χ4v) is 3.71. The van der Waals surface area contributed by atoms with Crippen molar-refractivity contribution in [3.05, 3.63) is 55.5 Å². The second-order valence-electron chi connectivity index (χ2n) is 5.58. The number of carboxylic acid groups (broad SMARTS) is 1. The molecule has 0 atom stereocenters.